The minimum Gasteiger partial charge on any atom is -0.412 e. The lowest BCUT2D eigenvalue weighted by Crippen LogP contribution is -2.41. The number of aromatic amines is 1. The maximum absolute atomic E-state index is 14.2. The van der Waals surface area contributed by atoms with E-state index in [4.69, 9.17) is 4.42 Å². The Morgan fingerprint density at radius 1 is 1.29 bits per heavy atom. The zero-order valence-corrected chi connectivity index (χ0v) is 19.7. The van der Waals surface area contributed by atoms with Gasteiger partial charge in [0.1, 0.15) is 12.0 Å². The fourth-order valence-corrected chi connectivity index (χ4v) is 4.75. The van der Waals surface area contributed by atoms with Crippen LogP contribution < -0.4 is 0 Å². The predicted octanol–water partition coefficient (Wildman–Crippen LogP) is 3.44. The Hall–Kier alpha value is -3.98. The predicted molar refractivity (Wildman–Crippen MR) is 126 cm³/mol. The molecule has 5 aromatic heterocycles. The molecule has 0 fully saturated rings. The van der Waals surface area contributed by atoms with E-state index in [2.05, 4.69) is 39.5 Å². The number of alkyl halides is 1. The molecule has 12 heteroatoms. The van der Waals surface area contributed by atoms with E-state index in [1.54, 1.807) is 52.4 Å². The Bertz CT molecular complexity index is 1560. The molecule has 0 aliphatic carbocycles. The first-order valence-electron chi connectivity index (χ1n) is 11.0. The van der Waals surface area contributed by atoms with Crippen LogP contribution >= 0.6 is 9.24 Å². The van der Waals surface area contributed by atoms with Crippen molar-refractivity contribution in [2.45, 2.75) is 25.3 Å². The summed E-state index contributed by atoms with van der Waals surface area (Å²) in [7, 11) is 2.16. The van der Waals surface area contributed by atoms with E-state index >= 15 is 0 Å². The van der Waals surface area contributed by atoms with Crippen LogP contribution in [0.25, 0.3) is 17.0 Å². The third kappa shape index (κ3) is 3.59. The summed E-state index contributed by atoms with van der Waals surface area (Å²) in [6, 6.07) is 8.20. The molecule has 6 rings (SSSR count). The van der Waals surface area contributed by atoms with Gasteiger partial charge in [-0.15, -0.1) is 10.2 Å². The highest BCUT2D eigenvalue weighted by molar-refractivity contribution is 7.16. The SMILES string of the molecule is Cc1ncccc1-c1nnc(C(=O)N2CCc3[nH]cnc3[C@H]2c2cc3c(C(F)P)cccn3n2)o1. The van der Waals surface area contributed by atoms with Gasteiger partial charge in [0.05, 0.1) is 28.8 Å². The number of carbonyl (C=O) groups is 1. The Morgan fingerprint density at radius 3 is 3.00 bits per heavy atom. The third-order valence-corrected chi connectivity index (χ3v) is 6.52. The van der Waals surface area contributed by atoms with Gasteiger partial charge in [-0.1, -0.05) is 15.3 Å². The molecule has 0 spiro atoms. The van der Waals surface area contributed by atoms with Gasteiger partial charge in [0.15, 0.2) is 0 Å². The second-order valence-corrected chi connectivity index (χ2v) is 8.82. The number of hydrogen-bond donors (Lipinski definition) is 1. The van der Waals surface area contributed by atoms with Crippen LogP contribution in [0.3, 0.4) is 0 Å². The van der Waals surface area contributed by atoms with Gasteiger partial charge < -0.3 is 14.3 Å². The standard InChI is InChI=1S/C23H20FN8O2P/c1-12-13(4-2-7-25-12)21-28-29-22(34-21)23(33)31-9-6-15-18(27-11-26-15)19(31)16-10-17-14(20(24)35)5-3-8-32(17)30-16/h2-5,7-8,10-11,19-20H,6,9,35H2,1H3,(H,26,27)/t19-,20?/m1/s1. The molecule has 1 N–H and O–H groups in total. The van der Waals surface area contributed by atoms with E-state index in [9.17, 15) is 9.18 Å². The number of imidazole rings is 1. The number of amides is 1. The molecule has 0 saturated carbocycles. The van der Waals surface area contributed by atoms with Gasteiger partial charge in [-0.3, -0.25) is 9.78 Å². The number of rotatable bonds is 4. The summed E-state index contributed by atoms with van der Waals surface area (Å²) in [6.45, 7) is 2.22. The van der Waals surface area contributed by atoms with Gasteiger partial charge in [-0.2, -0.15) is 5.10 Å². The molecular formula is C23H20FN8O2P. The smallest absolute Gasteiger partial charge is 0.312 e. The monoisotopic (exact) mass is 490 g/mol. The van der Waals surface area contributed by atoms with Crippen LogP contribution in [0, 0.1) is 6.92 Å². The first-order valence-corrected chi connectivity index (χ1v) is 11.6. The van der Waals surface area contributed by atoms with Crippen molar-refractivity contribution in [3.63, 3.8) is 0 Å². The maximum Gasteiger partial charge on any atom is 0.312 e. The first-order chi connectivity index (χ1) is 17.0. The van der Waals surface area contributed by atoms with Crippen LogP contribution in [0.15, 0.2) is 53.5 Å². The second-order valence-electron chi connectivity index (χ2n) is 8.23. The van der Waals surface area contributed by atoms with Gasteiger partial charge in [0, 0.05) is 42.3 Å². The van der Waals surface area contributed by atoms with E-state index in [1.165, 1.54) is 0 Å². The molecular weight excluding hydrogens is 470 g/mol. The third-order valence-electron chi connectivity index (χ3n) is 6.16. The van der Waals surface area contributed by atoms with E-state index < -0.39 is 17.9 Å². The van der Waals surface area contributed by atoms with Gasteiger partial charge in [0.2, 0.25) is 5.89 Å². The summed E-state index contributed by atoms with van der Waals surface area (Å²) in [5, 5.41) is 12.8. The molecule has 1 aliphatic heterocycles. The van der Waals surface area contributed by atoms with Gasteiger partial charge >= 0.3 is 11.8 Å². The molecule has 1 aliphatic rings. The van der Waals surface area contributed by atoms with Gasteiger partial charge in [-0.25, -0.2) is 13.9 Å². The molecule has 10 nitrogen and oxygen atoms in total. The Kier molecular flexibility index (Phi) is 5.14. The number of fused-ring (bicyclic) bond motifs is 2. The molecule has 0 bridgehead atoms. The average Bonchev–Trinajstić information content (AvgIpc) is 3.62. The van der Waals surface area contributed by atoms with Crippen molar-refractivity contribution in [2.75, 3.05) is 6.54 Å². The molecule has 5 aromatic rings. The van der Waals surface area contributed by atoms with Crippen molar-refractivity contribution in [2.24, 2.45) is 0 Å². The van der Waals surface area contributed by atoms with Crippen LogP contribution in [-0.4, -0.2) is 52.1 Å². The number of carbonyl (C=O) groups excluding carboxylic acids is 1. The highest BCUT2D eigenvalue weighted by Gasteiger charge is 2.38. The first kappa shape index (κ1) is 21.5. The summed E-state index contributed by atoms with van der Waals surface area (Å²) in [5.41, 5.74) is 4.64. The number of aryl methyl sites for hydroxylation is 1. The van der Waals surface area contributed by atoms with E-state index in [0.717, 1.165) is 5.69 Å². The average molecular weight is 490 g/mol. The van der Waals surface area contributed by atoms with E-state index in [1.807, 2.05) is 13.0 Å². The van der Waals surface area contributed by atoms with Crippen molar-refractivity contribution >= 4 is 20.7 Å². The summed E-state index contributed by atoms with van der Waals surface area (Å²) in [5.74, 6) is -1.60. The van der Waals surface area contributed by atoms with Gasteiger partial charge in [-0.05, 0) is 31.2 Å². The van der Waals surface area contributed by atoms with Gasteiger partial charge in [0.25, 0.3) is 0 Å². The molecule has 0 aromatic carbocycles. The van der Waals surface area contributed by atoms with Crippen LogP contribution in [0.1, 0.15) is 51.0 Å². The Labute approximate surface area is 200 Å². The lowest BCUT2D eigenvalue weighted by molar-refractivity contribution is 0.0646. The topological polar surface area (TPSA) is 118 Å². The number of pyridine rings is 2. The number of hydrogen-bond acceptors (Lipinski definition) is 7. The highest BCUT2D eigenvalue weighted by atomic mass is 31.0. The van der Waals surface area contributed by atoms with Crippen molar-refractivity contribution in [3.8, 4) is 11.5 Å². The fourth-order valence-electron chi connectivity index (χ4n) is 4.47. The summed E-state index contributed by atoms with van der Waals surface area (Å²) in [4.78, 5) is 27.1. The van der Waals surface area contributed by atoms with Crippen LogP contribution in [0.2, 0.25) is 0 Å². The van der Waals surface area contributed by atoms with Crippen molar-refractivity contribution < 1.29 is 13.6 Å². The van der Waals surface area contributed by atoms with E-state index in [0.29, 0.717) is 46.7 Å². The fraction of sp³-hybridized carbons (Fsp3) is 0.217. The van der Waals surface area contributed by atoms with Crippen LogP contribution in [-0.2, 0) is 6.42 Å². The normalized spacial score (nSPS) is 16.4. The molecule has 2 unspecified atom stereocenters. The number of aromatic nitrogens is 7. The number of nitrogens with zero attached hydrogens (tertiary/aromatic N) is 7. The van der Waals surface area contributed by atoms with Crippen LogP contribution in [0.5, 0.6) is 0 Å². The second kappa shape index (κ2) is 8.35. The van der Waals surface area contributed by atoms with Crippen molar-refractivity contribution in [1.82, 2.24) is 39.7 Å². The summed E-state index contributed by atoms with van der Waals surface area (Å²) < 4.78 is 21.6. The Morgan fingerprint density at radius 2 is 2.17 bits per heavy atom. The molecule has 6 heterocycles. The number of H-pyrrole nitrogens is 1. The lowest BCUT2D eigenvalue weighted by atomic mass is 9.99. The number of nitrogens with one attached hydrogen (secondary N) is 1. The lowest BCUT2D eigenvalue weighted by Gasteiger charge is -2.32. The quantitative estimate of drug-likeness (QED) is 0.384. The van der Waals surface area contributed by atoms with Crippen molar-refractivity contribution in [3.05, 3.63) is 83.3 Å². The highest BCUT2D eigenvalue weighted by Crippen LogP contribution is 2.36. The van der Waals surface area contributed by atoms with E-state index in [-0.39, 0.29) is 11.8 Å². The molecule has 3 atom stereocenters. The molecule has 176 valence electrons. The van der Waals surface area contributed by atoms with Crippen LogP contribution in [0.4, 0.5) is 4.39 Å². The summed E-state index contributed by atoms with van der Waals surface area (Å²) >= 11 is 0. The maximum atomic E-state index is 14.2. The minimum atomic E-state index is -1.25. The Balaban J connectivity index is 1.42. The molecule has 1 amide bonds. The molecule has 0 saturated heterocycles. The number of halogens is 1. The largest absolute Gasteiger partial charge is 0.412 e. The minimum absolute atomic E-state index is 0.134. The summed E-state index contributed by atoms with van der Waals surface area (Å²) in [6.07, 6.45) is 5.60. The zero-order valence-electron chi connectivity index (χ0n) is 18.6. The molecule has 0 radical (unpaired) electrons. The van der Waals surface area contributed by atoms with Crippen molar-refractivity contribution in [1.29, 1.82) is 0 Å². The zero-order chi connectivity index (χ0) is 24.1. The molecule has 35 heavy (non-hydrogen) atoms.